The molecule has 4 rings (SSSR count). The van der Waals surface area contributed by atoms with E-state index in [0.29, 0.717) is 64.7 Å². The van der Waals surface area contributed by atoms with Crippen molar-refractivity contribution in [3.05, 3.63) is 69.4 Å². The molecule has 1 N–H and O–H groups in total. The first-order valence-corrected chi connectivity index (χ1v) is 12.2. The lowest BCUT2D eigenvalue weighted by molar-refractivity contribution is -0.131. The summed E-state index contributed by atoms with van der Waals surface area (Å²) in [4.78, 5) is 29.2. The van der Waals surface area contributed by atoms with Crippen molar-refractivity contribution in [2.75, 3.05) is 36.4 Å². The number of nitrogens with one attached hydrogen (secondary N) is 1. The fourth-order valence-electron chi connectivity index (χ4n) is 3.93. The first kappa shape index (κ1) is 24.5. The first-order valence-electron chi connectivity index (χ1n) is 11.0. The van der Waals surface area contributed by atoms with Crippen molar-refractivity contribution in [3.63, 3.8) is 0 Å². The molecule has 0 radical (unpaired) electrons. The number of anilines is 2. The lowest BCUT2D eigenvalue weighted by atomic mass is 10.2. The van der Waals surface area contributed by atoms with Gasteiger partial charge in [-0.2, -0.15) is 0 Å². The van der Waals surface area contributed by atoms with Crippen LogP contribution < -0.4 is 10.2 Å². The summed E-state index contributed by atoms with van der Waals surface area (Å²) in [5.41, 5.74) is 2.02. The van der Waals surface area contributed by atoms with Gasteiger partial charge in [-0.15, -0.1) is 0 Å². The van der Waals surface area contributed by atoms with Gasteiger partial charge in [0.15, 0.2) is 5.76 Å². The molecule has 3 aromatic rings. The van der Waals surface area contributed by atoms with Crippen LogP contribution >= 0.6 is 34.8 Å². The number of amides is 2. The summed E-state index contributed by atoms with van der Waals surface area (Å²) < 4.78 is 5.77. The molecule has 178 valence electrons. The van der Waals surface area contributed by atoms with E-state index in [4.69, 9.17) is 39.2 Å². The fourth-order valence-corrected chi connectivity index (χ4v) is 4.48. The predicted molar refractivity (Wildman–Crippen MR) is 137 cm³/mol. The third kappa shape index (κ3) is 5.52. The average molecular weight is 521 g/mol. The summed E-state index contributed by atoms with van der Waals surface area (Å²) in [6.45, 7) is 4.60. The molecule has 1 aliphatic rings. The number of benzene rings is 2. The summed E-state index contributed by atoms with van der Waals surface area (Å²) in [7, 11) is 0. The third-order valence-electron chi connectivity index (χ3n) is 5.67. The molecule has 6 nitrogen and oxygen atoms in total. The Morgan fingerprint density at radius 2 is 1.65 bits per heavy atom. The highest BCUT2D eigenvalue weighted by atomic mass is 35.5. The maximum absolute atomic E-state index is 13.0. The van der Waals surface area contributed by atoms with E-state index >= 15 is 0 Å². The minimum Gasteiger partial charge on any atom is -0.451 e. The Morgan fingerprint density at radius 3 is 2.38 bits per heavy atom. The predicted octanol–water partition coefficient (Wildman–Crippen LogP) is 6.61. The highest BCUT2D eigenvalue weighted by Crippen LogP contribution is 2.33. The highest BCUT2D eigenvalue weighted by Gasteiger charge is 2.23. The Morgan fingerprint density at radius 1 is 0.941 bits per heavy atom. The van der Waals surface area contributed by atoms with Gasteiger partial charge in [-0.3, -0.25) is 9.59 Å². The summed E-state index contributed by atoms with van der Waals surface area (Å²) >= 11 is 18.6. The quantitative estimate of drug-likeness (QED) is 0.397. The zero-order valence-corrected chi connectivity index (χ0v) is 20.9. The number of piperazine rings is 1. The molecule has 0 saturated carbocycles. The molecule has 0 atom stereocenters. The molecule has 1 saturated heterocycles. The van der Waals surface area contributed by atoms with Crippen molar-refractivity contribution in [2.45, 2.75) is 19.8 Å². The Bertz CT molecular complexity index is 1200. The van der Waals surface area contributed by atoms with Gasteiger partial charge in [-0.1, -0.05) is 41.7 Å². The molecule has 2 aromatic carbocycles. The van der Waals surface area contributed by atoms with Gasteiger partial charge in [-0.05, 0) is 55.0 Å². The van der Waals surface area contributed by atoms with E-state index in [-0.39, 0.29) is 11.7 Å². The maximum Gasteiger partial charge on any atom is 0.291 e. The third-order valence-corrected chi connectivity index (χ3v) is 6.47. The molecule has 9 heteroatoms. The van der Waals surface area contributed by atoms with Crippen molar-refractivity contribution in [3.8, 4) is 11.3 Å². The standard InChI is InChI=1S/C25H24Cl3N3O3/c1-2-3-24(32)31-12-10-30(11-13-31)21-7-5-17(27)15-20(21)29-25(33)23-9-8-22(34-23)18-14-16(26)4-6-19(18)28/h4-9,14-15H,2-3,10-13H2,1H3,(H,29,33). The lowest BCUT2D eigenvalue weighted by Crippen LogP contribution is -2.48. The van der Waals surface area contributed by atoms with Crippen molar-refractivity contribution < 1.29 is 14.0 Å². The number of hydrogen-bond acceptors (Lipinski definition) is 4. The van der Waals surface area contributed by atoms with Crippen molar-refractivity contribution in [1.82, 2.24) is 4.90 Å². The molecular weight excluding hydrogens is 497 g/mol. The Balaban J connectivity index is 1.50. The number of carbonyl (C=O) groups excluding carboxylic acids is 2. The minimum atomic E-state index is -0.412. The Hall–Kier alpha value is -2.67. The van der Waals surface area contributed by atoms with Gasteiger partial charge in [0.1, 0.15) is 5.76 Å². The van der Waals surface area contributed by atoms with E-state index in [1.54, 1.807) is 42.5 Å². The van der Waals surface area contributed by atoms with Gasteiger partial charge in [0.05, 0.1) is 16.4 Å². The molecular formula is C25H24Cl3N3O3. The zero-order valence-electron chi connectivity index (χ0n) is 18.6. The fraction of sp³-hybridized carbons (Fsp3) is 0.280. The number of furan rings is 1. The molecule has 1 aliphatic heterocycles. The number of hydrogen-bond donors (Lipinski definition) is 1. The number of nitrogens with zero attached hydrogens (tertiary/aromatic N) is 2. The highest BCUT2D eigenvalue weighted by molar-refractivity contribution is 6.35. The van der Waals surface area contributed by atoms with Crippen molar-refractivity contribution in [2.24, 2.45) is 0 Å². The van der Waals surface area contributed by atoms with Crippen LogP contribution in [0.15, 0.2) is 52.9 Å². The van der Waals surface area contributed by atoms with Crippen LogP contribution in [0.3, 0.4) is 0 Å². The van der Waals surface area contributed by atoms with Crippen LogP contribution in [0.2, 0.25) is 15.1 Å². The largest absolute Gasteiger partial charge is 0.451 e. The van der Waals surface area contributed by atoms with Crippen molar-refractivity contribution in [1.29, 1.82) is 0 Å². The van der Waals surface area contributed by atoms with Gasteiger partial charge in [0.25, 0.3) is 5.91 Å². The summed E-state index contributed by atoms with van der Waals surface area (Å²) in [6.07, 6.45) is 1.40. The van der Waals surface area contributed by atoms with Crippen LogP contribution in [0.5, 0.6) is 0 Å². The maximum atomic E-state index is 13.0. The van der Waals surface area contributed by atoms with E-state index < -0.39 is 5.91 Å². The summed E-state index contributed by atoms with van der Waals surface area (Å²) in [5.74, 6) is 0.341. The molecule has 34 heavy (non-hydrogen) atoms. The molecule has 0 bridgehead atoms. The monoisotopic (exact) mass is 519 g/mol. The number of carbonyl (C=O) groups is 2. The van der Waals surface area contributed by atoms with Gasteiger partial charge in [-0.25, -0.2) is 0 Å². The second-order valence-corrected chi connectivity index (χ2v) is 9.30. The minimum absolute atomic E-state index is 0.131. The Labute approximate surface area is 213 Å². The summed E-state index contributed by atoms with van der Waals surface area (Å²) in [6, 6.07) is 13.7. The summed E-state index contributed by atoms with van der Waals surface area (Å²) in [5, 5.41) is 4.40. The Kier molecular flexibility index (Phi) is 7.71. The molecule has 0 aliphatic carbocycles. The zero-order chi connectivity index (χ0) is 24.2. The van der Waals surface area contributed by atoms with Crippen LogP contribution in [0.4, 0.5) is 11.4 Å². The van der Waals surface area contributed by atoms with E-state index in [0.717, 1.165) is 12.1 Å². The van der Waals surface area contributed by atoms with Crippen LogP contribution in [0.25, 0.3) is 11.3 Å². The molecule has 2 heterocycles. The van der Waals surface area contributed by atoms with Crippen LogP contribution in [-0.2, 0) is 4.79 Å². The molecule has 2 amide bonds. The number of halogens is 3. The van der Waals surface area contributed by atoms with E-state index in [2.05, 4.69) is 10.2 Å². The SMILES string of the molecule is CCCC(=O)N1CCN(c2ccc(Cl)cc2NC(=O)c2ccc(-c3cc(Cl)ccc3Cl)o2)CC1. The van der Waals surface area contributed by atoms with Crippen LogP contribution in [-0.4, -0.2) is 42.9 Å². The van der Waals surface area contributed by atoms with E-state index in [1.807, 2.05) is 17.9 Å². The molecule has 1 aromatic heterocycles. The molecule has 1 fully saturated rings. The van der Waals surface area contributed by atoms with Gasteiger partial charge in [0.2, 0.25) is 5.91 Å². The van der Waals surface area contributed by atoms with Gasteiger partial charge < -0.3 is 19.5 Å². The first-order chi connectivity index (χ1) is 16.4. The lowest BCUT2D eigenvalue weighted by Gasteiger charge is -2.37. The van der Waals surface area contributed by atoms with Crippen LogP contribution in [0.1, 0.15) is 30.3 Å². The van der Waals surface area contributed by atoms with Gasteiger partial charge in [0, 0.05) is 48.2 Å². The van der Waals surface area contributed by atoms with E-state index in [1.165, 1.54) is 0 Å². The van der Waals surface area contributed by atoms with Crippen molar-refractivity contribution >= 4 is 58.0 Å². The second kappa shape index (κ2) is 10.7. The van der Waals surface area contributed by atoms with Crippen LogP contribution in [0, 0.1) is 0 Å². The topological polar surface area (TPSA) is 65.8 Å². The molecule has 0 unspecified atom stereocenters. The molecule has 0 spiro atoms. The average Bonchev–Trinajstić information content (AvgIpc) is 3.31. The van der Waals surface area contributed by atoms with E-state index in [9.17, 15) is 9.59 Å². The van der Waals surface area contributed by atoms with Gasteiger partial charge >= 0.3 is 0 Å². The normalized spacial score (nSPS) is 13.8. The smallest absolute Gasteiger partial charge is 0.291 e. The second-order valence-electron chi connectivity index (χ2n) is 8.02. The number of rotatable bonds is 6.